The van der Waals surface area contributed by atoms with Crippen LogP contribution in [0.3, 0.4) is 0 Å². The Bertz CT molecular complexity index is 768. The second-order valence-corrected chi connectivity index (χ2v) is 6.19. The Hall–Kier alpha value is -2.29. The molecule has 144 valence electrons. The normalized spacial score (nSPS) is 15.3. The number of primary amides is 1. The van der Waals surface area contributed by atoms with E-state index in [1.165, 1.54) is 5.56 Å². The second-order valence-electron chi connectivity index (χ2n) is 6.19. The number of halogens is 1. The average Bonchev–Trinajstić information content (AvgIpc) is 3.07. The number of fused-ring (bicyclic) bond motifs is 1. The molecule has 0 saturated heterocycles. The molecule has 0 saturated carbocycles. The van der Waals surface area contributed by atoms with Crippen LogP contribution in [0.25, 0.3) is 0 Å². The van der Waals surface area contributed by atoms with Gasteiger partial charge in [0.15, 0.2) is 5.96 Å². The molecule has 0 aromatic heterocycles. The minimum atomic E-state index is -0.424. The van der Waals surface area contributed by atoms with Crippen molar-refractivity contribution in [1.82, 2.24) is 10.6 Å². The topological polar surface area (TPSA) is 88.7 Å². The monoisotopic (exact) mass is 480 g/mol. The van der Waals surface area contributed by atoms with Gasteiger partial charge in [-0.05, 0) is 36.2 Å². The first-order valence-electron chi connectivity index (χ1n) is 8.81. The van der Waals surface area contributed by atoms with E-state index in [0.29, 0.717) is 18.7 Å². The van der Waals surface area contributed by atoms with Gasteiger partial charge >= 0.3 is 0 Å². The van der Waals surface area contributed by atoms with Gasteiger partial charge in [0.25, 0.3) is 0 Å². The Morgan fingerprint density at radius 1 is 1.19 bits per heavy atom. The van der Waals surface area contributed by atoms with Crippen molar-refractivity contribution in [3.8, 4) is 5.75 Å². The molecule has 0 aliphatic carbocycles. The lowest BCUT2D eigenvalue weighted by atomic mass is 10.1. The summed E-state index contributed by atoms with van der Waals surface area (Å²) in [6.07, 6.45) is 1.00. The molecule has 1 aliphatic rings. The number of amides is 1. The smallest absolute Gasteiger partial charge is 0.248 e. The van der Waals surface area contributed by atoms with Crippen LogP contribution in [0.4, 0.5) is 0 Å². The lowest BCUT2D eigenvalue weighted by Crippen LogP contribution is -2.42. The van der Waals surface area contributed by atoms with Gasteiger partial charge in [0.2, 0.25) is 5.91 Å². The molecule has 27 heavy (non-hydrogen) atoms. The first-order valence-corrected chi connectivity index (χ1v) is 8.81. The zero-order valence-electron chi connectivity index (χ0n) is 15.3. The zero-order chi connectivity index (χ0) is 18.4. The predicted octanol–water partition coefficient (Wildman–Crippen LogP) is 2.46. The van der Waals surface area contributed by atoms with E-state index in [1.807, 2.05) is 37.3 Å². The standard InChI is InChI=1S/C20H24N4O2.HI/c1-2-22-20(23-12-14-7-9-15(10-8-14)19(21)25)24-13-17-11-16-5-3-4-6-18(16)26-17;/h3-10,17H,2,11-13H2,1H3,(H2,21,25)(H2,22,23,24);1H. The summed E-state index contributed by atoms with van der Waals surface area (Å²) in [6, 6.07) is 15.3. The summed E-state index contributed by atoms with van der Waals surface area (Å²) >= 11 is 0. The molecule has 0 radical (unpaired) electrons. The third-order valence-corrected chi connectivity index (χ3v) is 4.21. The van der Waals surface area contributed by atoms with Crippen LogP contribution in [-0.4, -0.2) is 31.1 Å². The Morgan fingerprint density at radius 3 is 2.59 bits per heavy atom. The molecule has 1 atom stereocenters. The lowest BCUT2D eigenvalue weighted by molar-refractivity contribution is 0.100. The minimum absolute atomic E-state index is 0. The fraction of sp³-hybridized carbons (Fsp3) is 0.300. The molecule has 7 heteroatoms. The maximum Gasteiger partial charge on any atom is 0.248 e. The number of nitrogens with zero attached hydrogens (tertiary/aromatic N) is 1. The molecule has 6 nitrogen and oxygen atoms in total. The van der Waals surface area contributed by atoms with Crippen LogP contribution < -0.4 is 21.1 Å². The number of carbonyl (C=O) groups is 1. The largest absolute Gasteiger partial charge is 0.488 e. The van der Waals surface area contributed by atoms with Crippen LogP contribution in [0.1, 0.15) is 28.4 Å². The molecule has 1 heterocycles. The van der Waals surface area contributed by atoms with E-state index in [1.54, 1.807) is 12.1 Å². The van der Waals surface area contributed by atoms with Crippen LogP contribution in [0.2, 0.25) is 0 Å². The van der Waals surface area contributed by atoms with Crippen LogP contribution in [0.5, 0.6) is 5.75 Å². The van der Waals surface area contributed by atoms with Gasteiger partial charge in [0, 0.05) is 18.5 Å². The Labute approximate surface area is 176 Å². The summed E-state index contributed by atoms with van der Waals surface area (Å²) < 4.78 is 5.94. The van der Waals surface area contributed by atoms with Gasteiger partial charge < -0.3 is 21.1 Å². The molecule has 1 amide bonds. The maximum atomic E-state index is 11.1. The number of nitrogens with two attached hydrogens (primary N) is 1. The molecular formula is C20H25IN4O2. The number of rotatable bonds is 6. The predicted molar refractivity (Wildman–Crippen MR) is 118 cm³/mol. The van der Waals surface area contributed by atoms with E-state index in [9.17, 15) is 4.79 Å². The van der Waals surface area contributed by atoms with Crippen molar-refractivity contribution in [2.24, 2.45) is 10.7 Å². The SMILES string of the molecule is CCNC(=NCc1ccc(C(N)=O)cc1)NCC1Cc2ccccc2O1.I. The molecule has 2 aromatic rings. The first-order chi connectivity index (χ1) is 12.7. The quantitative estimate of drug-likeness (QED) is 0.337. The van der Waals surface area contributed by atoms with Crippen molar-refractivity contribution in [2.45, 2.75) is 26.0 Å². The number of guanidine groups is 1. The number of nitrogens with one attached hydrogen (secondary N) is 2. The third-order valence-electron chi connectivity index (χ3n) is 4.21. The third kappa shape index (κ3) is 5.85. The molecular weight excluding hydrogens is 455 g/mol. The summed E-state index contributed by atoms with van der Waals surface area (Å²) in [5.74, 6) is 1.29. The van der Waals surface area contributed by atoms with Gasteiger partial charge in [0.1, 0.15) is 11.9 Å². The summed E-state index contributed by atoms with van der Waals surface area (Å²) in [5, 5.41) is 6.57. The number of hydrogen-bond acceptors (Lipinski definition) is 3. The number of carbonyl (C=O) groups excluding carboxylic acids is 1. The minimum Gasteiger partial charge on any atom is -0.488 e. The molecule has 1 unspecified atom stereocenters. The number of hydrogen-bond donors (Lipinski definition) is 3. The van der Waals surface area contributed by atoms with Crippen molar-refractivity contribution in [1.29, 1.82) is 0 Å². The number of para-hydroxylation sites is 1. The van der Waals surface area contributed by atoms with Crippen molar-refractivity contribution in [2.75, 3.05) is 13.1 Å². The molecule has 3 rings (SSSR count). The Kier molecular flexibility index (Phi) is 7.90. The average molecular weight is 480 g/mol. The van der Waals surface area contributed by atoms with Crippen molar-refractivity contribution < 1.29 is 9.53 Å². The van der Waals surface area contributed by atoms with E-state index in [2.05, 4.69) is 21.7 Å². The fourth-order valence-electron chi connectivity index (χ4n) is 2.86. The highest BCUT2D eigenvalue weighted by Gasteiger charge is 2.22. The Balaban J connectivity index is 0.00000261. The highest BCUT2D eigenvalue weighted by Crippen LogP contribution is 2.27. The van der Waals surface area contributed by atoms with E-state index >= 15 is 0 Å². The van der Waals surface area contributed by atoms with E-state index in [-0.39, 0.29) is 30.1 Å². The van der Waals surface area contributed by atoms with E-state index in [4.69, 9.17) is 10.5 Å². The summed E-state index contributed by atoms with van der Waals surface area (Å²) in [5.41, 5.74) is 8.02. The summed E-state index contributed by atoms with van der Waals surface area (Å²) in [4.78, 5) is 15.7. The van der Waals surface area contributed by atoms with Crippen molar-refractivity contribution in [3.63, 3.8) is 0 Å². The molecule has 1 aliphatic heterocycles. The van der Waals surface area contributed by atoms with Crippen LogP contribution in [-0.2, 0) is 13.0 Å². The van der Waals surface area contributed by atoms with E-state index < -0.39 is 5.91 Å². The fourth-order valence-corrected chi connectivity index (χ4v) is 2.86. The molecule has 4 N–H and O–H groups in total. The van der Waals surface area contributed by atoms with Gasteiger partial charge in [-0.25, -0.2) is 4.99 Å². The van der Waals surface area contributed by atoms with Gasteiger partial charge in [-0.1, -0.05) is 30.3 Å². The maximum absolute atomic E-state index is 11.1. The van der Waals surface area contributed by atoms with Crippen LogP contribution >= 0.6 is 24.0 Å². The second kappa shape index (κ2) is 10.1. The highest BCUT2D eigenvalue weighted by atomic mass is 127. The van der Waals surface area contributed by atoms with Gasteiger partial charge in [-0.3, -0.25) is 4.79 Å². The summed E-state index contributed by atoms with van der Waals surface area (Å²) in [6.45, 7) is 4.00. The number of ether oxygens (including phenoxy) is 1. The number of aliphatic imine (C=N–C) groups is 1. The van der Waals surface area contributed by atoms with Crippen molar-refractivity contribution >= 4 is 35.8 Å². The highest BCUT2D eigenvalue weighted by molar-refractivity contribution is 14.0. The number of benzene rings is 2. The van der Waals surface area contributed by atoms with Gasteiger partial charge in [0.05, 0.1) is 13.1 Å². The summed E-state index contributed by atoms with van der Waals surface area (Å²) in [7, 11) is 0. The first kappa shape index (κ1) is 21.0. The van der Waals surface area contributed by atoms with E-state index in [0.717, 1.165) is 30.2 Å². The van der Waals surface area contributed by atoms with Crippen molar-refractivity contribution in [3.05, 3.63) is 65.2 Å². The van der Waals surface area contributed by atoms with Gasteiger partial charge in [-0.2, -0.15) is 0 Å². The molecule has 0 fully saturated rings. The van der Waals surface area contributed by atoms with Crippen LogP contribution in [0.15, 0.2) is 53.5 Å². The zero-order valence-corrected chi connectivity index (χ0v) is 17.6. The lowest BCUT2D eigenvalue weighted by Gasteiger charge is -2.15. The molecule has 2 aromatic carbocycles. The molecule has 0 bridgehead atoms. The Morgan fingerprint density at radius 2 is 1.93 bits per heavy atom. The van der Waals surface area contributed by atoms with Crippen LogP contribution in [0, 0.1) is 0 Å². The molecule has 0 spiro atoms. The van der Waals surface area contributed by atoms with Gasteiger partial charge in [-0.15, -0.1) is 24.0 Å².